The lowest BCUT2D eigenvalue weighted by Gasteiger charge is -1.87. The van der Waals surface area contributed by atoms with Gasteiger partial charge in [0.05, 0.1) is 0 Å². The predicted molar refractivity (Wildman–Crippen MR) is 25.7 cm³/mol. The molecule has 7 heavy (non-hydrogen) atoms. The fourth-order valence-corrected chi connectivity index (χ4v) is 0.482. The molecule has 1 rings (SSSR count). The first-order valence-electron chi connectivity index (χ1n) is 2.03. The zero-order valence-electron chi connectivity index (χ0n) is 3.99. The van der Waals surface area contributed by atoms with Crippen LogP contribution in [0.25, 0.3) is 0 Å². The van der Waals surface area contributed by atoms with E-state index in [0.717, 1.165) is 0 Å². The molecule has 0 bridgehead atoms. The Bertz CT molecular complexity index is 242. The van der Waals surface area contributed by atoms with Crippen LogP contribution >= 0.6 is 0 Å². The number of hydrogen-bond donors (Lipinski definition) is 1. The van der Waals surface area contributed by atoms with Gasteiger partial charge in [0.15, 0.2) is 0 Å². The second-order valence-corrected chi connectivity index (χ2v) is 1.57. The molecule has 0 radical (unpaired) electrons. The van der Waals surface area contributed by atoms with Gasteiger partial charge < -0.3 is 0 Å². The Balaban J connectivity index is 3.44. The lowest BCUT2D eigenvalue weighted by Crippen LogP contribution is -2.31. The van der Waals surface area contributed by atoms with Crippen LogP contribution in [0.5, 0.6) is 0 Å². The van der Waals surface area contributed by atoms with Gasteiger partial charge in [0.25, 0.3) is 0 Å². The molecule has 2 nitrogen and oxygen atoms in total. The second-order valence-electron chi connectivity index (χ2n) is 1.57. The van der Waals surface area contributed by atoms with Crippen LogP contribution < -0.4 is 10.8 Å². The van der Waals surface area contributed by atoms with Gasteiger partial charge in [-0.3, -0.25) is 10.2 Å². The second kappa shape index (κ2) is 1.03. The summed E-state index contributed by atoms with van der Waals surface area (Å²) in [5.74, 6) is 0. The van der Waals surface area contributed by atoms with Crippen molar-refractivity contribution >= 4 is 0 Å². The summed E-state index contributed by atoms with van der Waals surface area (Å²) in [5.41, 5.74) is 0.588. The van der Waals surface area contributed by atoms with E-state index >= 15 is 0 Å². The average Bonchev–Trinajstić information content (AvgIpc) is 1.68. The topological polar surface area (TPSA) is 40.9 Å². The van der Waals surface area contributed by atoms with Gasteiger partial charge in [-0.15, -0.1) is 0 Å². The van der Waals surface area contributed by atoms with Gasteiger partial charge >= 0.3 is 0 Å². The Labute approximate surface area is 40.6 Å². The summed E-state index contributed by atoms with van der Waals surface area (Å²) in [6.07, 6.45) is 0. The summed E-state index contributed by atoms with van der Waals surface area (Å²) in [4.78, 5) is 10.3. The molecule has 0 saturated heterocycles. The van der Waals surface area contributed by atoms with Gasteiger partial charge in [-0.25, -0.2) is 0 Å². The Morgan fingerprint density at radius 3 is 2.29 bits per heavy atom. The molecule has 0 aliphatic heterocycles. The highest BCUT2D eigenvalue weighted by Crippen LogP contribution is 1.76. The molecule has 0 amide bonds. The van der Waals surface area contributed by atoms with Gasteiger partial charge in [-0.2, -0.15) is 0 Å². The van der Waals surface area contributed by atoms with E-state index in [-0.39, 0.29) is 10.8 Å². The molecule has 0 unspecified atom stereocenters. The highest BCUT2D eigenvalue weighted by molar-refractivity contribution is 5.14. The van der Waals surface area contributed by atoms with E-state index < -0.39 is 0 Å². The maximum Gasteiger partial charge on any atom is 0.206 e. The summed E-state index contributed by atoms with van der Waals surface area (Å²) in [6.45, 7) is 1.71. The van der Waals surface area contributed by atoms with Gasteiger partial charge in [0.1, 0.15) is 5.36 Å². The van der Waals surface area contributed by atoms with Gasteiger partial charge in [-0.05, 0) is 13.0 Å². The van der Waals surface area contributed by atoms with Crippen molar-refractivity contribution < 1.29 is 0 Å². The van der Waals surface area contributed by atoms with Crippen molar-refractivity contribution in [3.8, 4) is 0 Å². The third-order valence-corrected chi connectivity index (χ3v) is 0.964. The maximum absolute atomic E-state index is 10.3. The molecule has 0 atom stereocenters. The van der Waals surface area contributed by atoms with E-state index in [4.69, 9.17) is 5.41 Å². The molecule has 2 heteroatoms. The van der Waals surface area contributed by atoms with Crippen LogP contribution in [0.15, 0.2) is 10.9 Å². The van der Waals surface area contributed by atoms with Crippen molar-refractivity contribution in [3.63, 3.8) is 0 Å². The van der Waals surface area contributed by atoms with Crippen LogP contribution in [0.2, 0.25) is 0 Å². The van der Waals surface area contributed by atoms with Crippen molar-refractivity contribution in [2.24, 2.45) is 0 Å². The summed E-state index contributed by atoms with van der Waals surface area (Å²) < 4.78 is 0. The first-order chi connectivity index (χ1) is 3.22. The Hall–Kier alpha value is -0.920. The number of aryl methyl sites for hydroxylation is 1. The molecular formula is C5H5NO. The highest BCUT2D eigenvalue weighted by Gasteiger charge is 1.96. The monoisotopic (exact) mass is 95.0 g/mol. The lowest BCUT2D eigenvalue weighted by atomic mass is 10.2. The molecular weight excluding hydrogens is 90.1 g/mol. The minimum atomic E-state index is -0.111. The molecule has 0 saturated carbocycles. The molecule has 1 aromatic rings. The minimum Gasteiger partial charge on any atom is -0.297 e. The SMILES string of the molecule is Cc1cc(=N)c1=O. The molecule has 0 heterocycles. The number of nitrogens with one attached hydrogen (secondary N) is 1. The maximum atomic E-state index is 10.3. The minimum absolute atomic E-state index is 0.111. The van der Waals surface area contributed by atoms with Crippen LogP contribution in [-0.2, 0) is 0 Å². The quantitative estimate of drug-likeness (QED) is 0.472. The average molecular weight is 95.1 g/mol. The number of rotatable bonds is 0. The zero-order valence-corrected chi connectivity index (χ0v) is 3.99. The highest BCUT2D eigenvalue weighted by atomic mass is 16.1. The molecule has 1 N–H and O–H groups in total. The molecule has 36 valence electrons. The molecule has 0 aliphatic rings. The molecule has 0 aliphatic carbocycles. The van der Waals surface area contributed by atoms with Crippen molar-refractivity contribution in [2.45, 2.75) is 6.92 Å². The fraction of sp³-hybridized carbons (Fsp3) is 0.200. The van der Waals surface area contributed by atoms with Crippen LogP contribution in [0, 0.1) is 12.3 Å². The van der Waals surface area contributed by atoms with E-state index in [1.54, 1.807) is 13.0 Å². The first kappa shape index (κ1) is 4.24. The van der Waals surface area contributed by atoms with E-state index in [0.29, 0.717) is 5.56 Å². The first-order valence-corrected chi connectivity index (χ1v) is 2.03. The molecule has 0 spiro atoms. The summed E-state index contributed by atoms with van der Waals surface area (Å²) in [6, 6.07) is 1.56. The third-order valence-electron chi connectivity index (χ3n) is 0.964. The van der Waals surface area contributed by atoms with Crippen molar-refractivity contribution in [3.05, 3.63) is 27.2 Å². The smallest absolute Gasteiger partial charge is 0.206 e. The summed E-state index contributed by atoms with van der Waals surface area (Å²) in [7, 11) is 0. The van der Waals surface area contributed by atoms with Gasteiger partial charge in [0, 0.05) is 5.56 Å². The van der Waals surface area contributed by atoms with Crippen LogP contribution in [0.3, 0.4) is 0 Å². The Morgan fingerprint density at radius 1 is 1.71 bits per heavy atom. The van der Waals surface area contributed by atoms with Gasteiger partial charge in [-0.1, -0.05) is 0 Å². The Morgan fingerprint density at radius 2 is 2.29 bits per heavy atom. The lowest BCUT2D eigenvalue weighted by molar-refractivity contribution is 1.14. The van der Waals surface area contributed by atoms with E-state index in [2.05, 4.69) is 0 Å². The van der Waals surface area contributed by atoms with E-state index in [1.807, 2.05) is 0 Å². The molecule has 1 aromatic carbocycles. The standard InChI is InChI=1S/C5H5NO/c1-3-2-4(6)5(3)7/h2,6H,1H3. The molecule has 0 aromatic heterocycles. The normalized spacial score (nSPS) is 9.86. The van der Waals surface area contributed by atoms with Crippen molar-refractivity contribution in [2.75, 3.05) is 0 Å². The van der Waals surface area contributed by atoms with Crippen LogP contribution in [0.1, 0.15) is 5.56 Å². The zero-order chi connectivity index (χ0) is 5.44. The predicted octanol–water partition coefficient (Wildman–Crippen LogP) is -0.290. The van der Waals surface area contributed by atoms with Crippen LogP contribution in [0.4, 0.5) is 0 Å². The number of hydrogen-bond acceptors (Lipinski definition) is 2. The molecule has 0 fully saturated rings. The van der Waals surface area contributed by atoms with Crippen molar-refractivity contribution in [1.29, 1.82) is 5.41 Å². The van der Waals surface area contributed by atoms with E-state index in [1.165, 1.54) is 0 Å². The van der Waals surface area contributed by atoms with Gasteiger partial charge in [0.2, 0.25) is 5.43 Å². The largest absolute Gasteiger partial charge is 0.297 e. The third kappa shape index (κ3) is 0.393. The van der Waals surface area contributed by atoms with E-state index in [9.17, 15) is 4.79 Å². The van der Waals surface area contributed by atoms with Crippen LogP contribution in [-0.4, -0.2) is 0 Å². The summed E-state index contributed by atoms with van der Waals surface area (Å²) in [5, 5.41) is 6.88. The Kier molecular flexibility index (Phi) is 0.622. The summed E-state index contributed by atoms with van der Waals surface area (Å²) >= 11 is 0. The fourth-order valence-electron chi connectivity index (χ4n) is 0.482. The van der Waals surface area contributed by atoms with Crippen molar-refractivity contribution in [1.82, 2.24) is 0 Å².